The summed E-state index contributed by atoms with van der Waals surface area (Å²) in [4.78, 5) is 24.7. The largest absolute Gasteiger partial charge is 0.325 e. The first kappa shape index (κ1) is 18.6. The monoisotopic (exact) mass is 341 g/mol. The van der Waals surface area contributed by atoms with Crippen molar-refractivity contribution in [3.63, 3.8) is 0 Å². The molecular weight excluding hydrogens is 318 g/mol. The zero-order chi connectivity index (χ0) is 18.6. The summed E-state index contributed by atoms with van der Waals surface area (Å²) in [6, 6.07) is 12.2. The molecule has 2 rings (SSSR count). The second-order valence-electron chi connectivity index (χ2n) is 6.24. The van der Waals surface area contributed by atoms with Gasteiger partial charge in [0.2, 0.25) is 5.91 Å². The van der Waals surface area contributed by atoms with Crippen LogP contribution in [0, 0.1) is 24.0 Å². The van der Waals surface area contributed by atoms with Crippen molar-refractivity contribution in [1.29, 1.82) is 0 Å². The van der Waals surface area contributed by atoms with Gasteiger partial charge in [-0.25, -0.2) is 0 Å². The zero-order valence-electron chi connectivity index (χ0n) is 14.9. The maximum absolute atomic E-state index is 12.3. The molecule has 0 bridgehead atoms. The number of nitro groups is 1. The third-order valence-corrected chi connectivity index (χ3v) is 4.50. The number of benzene rings is 2. The quantitative estimate of drug-likeness (QED) is 0.640. The first-order valence-electron chi connectivity index (χ1n) is 8.10. The van der Waals surface area contributed by atoms with Gasteiger partial charge in [-0.2, -0.15) is 0 Å². The van der Waals surface area contributed by atoms with Crippen LogP contribution in [-0.4, -0.2) is 29.3 Å². The molecule has 0 aliphatic carbocycles. The smallest absolute Gasteiger partial charge is 0.269 e. The minimum Gasteiger partial charge on any atom is -0.325 e. The van der Waals surface area contributed by atoms with Crippen LogP contribution in [0.5, 0.6) is 0 Å². The number of nitrogens with one attached hydrogen (secondary N) is 1. The lowest BCUT2D eigenvalue weighted by Crippen LogP contribution is -2.32. The first-order valence-corrected chi connectivity index (χ1v) is 8.10. The third-order valence-electron chi connectivity index (χ3n) is 4.50. The summed E-state index contributed by atoms with van der Waals surface area (Å²) in [5.74, 6) is -0.117. The Labute approximate surface area is 147 Å². The third kappa shape index (κ3) is 4.64. The van der Waals surface area contributed by atoms with Crippen LogP contribution in [0.15, 0.2) is 42.5 Å². The van der Waals surface area contributed by atoms with Crippen molar-refractivity contribution in [1.82, 2.24) is 4.90 Å². The summed E-state index contributed by atoms with van der Waals surface area (Å²) >= 11 is 0. The van der Waals surface area contributed by atoms with Crippen LogP contribution in [0.1, 0.15) is 29.7 Å². The number of nitro benzene ring substituents is 1. The Morgan fingerprint density at radius 2 is 1.92 bits per heavy atom. The average molecular weight is 341 g/mol. The molecule has 6 nitrogen and oxygen atoms in total. The number of nitrogens with zero attached hydrogens (tertiary/aromatic N) is 2. The van der Waals surface area contributed by atoms with Gasteiger partial charge in [-0.1, -0.05) is 24.3 Å². The standard InChI is InChI=1S/C19H23N3O3/c1-13-7-5-10-18(14(13)2)20-19(23)12-21(4)15(3)16-8-6-9-17(11-16)22(24)25/h5-11,15H,12H2,1-4H3,(H,20,23). The van der Waals surface area contributed by atoms with E-state index in [4.69, 9.17) is 0 Å². The van der Waals surface area contributed by atoms with Gasteiger partial charge in [-0.3, -0.25) is 19.8 Å². The summed E-state index contributed by atoms with van der Waals surface area (Å²) in [6.45, 7) is 6.09. The van der Waals surface area contributed by atoms with Gasteiger partial charge in [-0.05, 0) is 50.6 Å². The van der Waals surface area contributed by atoms with E-state index in [-0.39, 0.29) is 24.2 Å². The molecule has 2 aromatic carbocycles. The molecule has 25 heavy (non-hydrogen) atoms. The number of aryl methyl sites for hydroxylation is 1. The maximum atomic E-state index is 12.3. The topological polar surface area (TPSA) is 75.5 Å². The molecule has 1 amide bonds. The van der Waals surface area contributed by atoms with Crippen LogP contribution in [0.4, 0.5) is 11.4 Å². The van der Waals surface area contributed by atoms with Crippen LogP contribution in [-0.2, 0) is 4.79 Å². The minimum atomic E-state index is -0.413. The van der Waals surface area contributed by atoms with E-state index in [1.807, 2.05) is 57.0 Å². The highest BCUT2D eigenvalue weighted by Gasteiger charge is 2.17. The number of amides is 1. The van der Waals surface area contributed by atoms with E-state index in [0.29, 0.717) is 0 Å². The lowest BCUT2D eigenvalue weighted by molar-refractivity contribution is -0.384. The van der Waals surface area contributed by atoms with Crippen molar-refractivity contribution in [3.8, 4) is 0 Å². The molecule has 0 heterocycles. The van der Waals surface area contributed by atoms with Crippen molar-refractivity contribution in [2.24, 2.45) is 0 Å². The summed E-state index contributed by atoms with van der Waals surface area (Å²) in [5.41, 5.74) is 3.83. The van der Waals surface area contributed by atoms with Gasteiger partial charge in [0.15, 0.2) is 0 Å². The molecule has 132 valence electrons. The number of likely N-dealkylation sites (N-methyl/N-ethyl adjacent to an activating group) is 1. The molecule has 0 aliphatic heterocycles. The SMILES string of the molecule is Cc1cccc(NC(=O)CN(C)C(C)c2cccc([N+](=O)[O-])c2)c1C. The van der Waals surface area contributed by atoms with Gasteiger partial charge in [0.1, 0.15) is 0 Å². The predicted octanol–water partition coefficient (Wildman–Crippen LogP) is 3.84. The van der Waals surface area contributed by atoms with Gasteiger partial charge in [0.05, 0.1) is 11.5 Å². The molecular formula is C19H23N3O3. The Morgan fingerprint density at radius 1 is 1.24 bits per heavy atom. The van der Waals surface area contributed by atoms with Crippen LogP contribution in [0.2, 0.25) is 0 Å². The zero-order valence-corrected chi connectivity index (χ0v) is 14.9. The van der Waals surface area contributed by atoms with E-state index in [9.17, 15) is 14.9 Å². The second-order valence-corrected chi connectivity index (χ2v) is 6.24. The van der Waals surface area contributed by atoms with Crippen molar-refractivity contribution < 1.29 is 9.72 Å². The van der Waals surface area contributed by atoms with Gasteiger partial charge < -0.3 is 5.32 Å². The molecule has 0 saturated heterocycles. The Balaban J connectivity index is 2.04. The van der Waals surface area contributed by atoms with E-state index >= 15 is 0 Å². The summed E-state index contributed by atoms with van der Waals surface area (Å²) in [5, 5.41) is 13.8. The van der Waals surface area contributed by atoms with E-state index < -0.39 is 4.92 Å². The number of rotatable bonds is 6. The molecule has 1 unspecified atom stereocenters. The molecule has 0 spiro atoms. The Bertz CT molecular complexity index is 789. The van der Waals surface area contributed by atoms with Gasteiger partial charge >= 0.3 is 0 Å². The number of carbonyl (C=O) groups excluding carboxylic acids is 1. The Hall–Kier alpha value is -2.73. The van der Waals surface area contributed by atoms with Crippen molar-refractivity contribution in [3.05, 3.63) is 69.3 Å². The van der Waals surface area contributed by atoms with Crippen molar-refractivity contribution >= 4 is 17.3 Å². The lowest BCUT2D eigenvalue weighted by Gasteiger charge is -2.24. The molecule has 1 atom stereocenters. The van der Waals surface area contributed by atoms with E-state index in [0.717, 1.165) is 22.4 Å². The Morgan fingerprint density at radius 3 is 2.60 bits per heavy atom. The van der Waals surface area contributed by atoms with E-state index in [2.05, 4.69) is 5.32 Å². The molecule has 2 aromatic rings. The number of carbonyl (C=O) groups is 1. The normalized spacial score (nSPS) is 12.0. The number of anilines is 1. The Kier molecular flexibility index (Phi) is 5.88. The molecule has 0 saturated carbocycles. The molecule has 0 radical (unpaired) electrons. The number of hydrogen-bond acceptors (Lipinski definition) is 4. The predicted molar refractivity (Wildman–Crippen MR) is 98.7 cm³/mol. The molecule has 6 heteroatoms. The fourth-order valence-corrected chi connectivity index (χ4v) is 2.59. The highest BCUT2D eigenvalue weighted by atomic mass is 16.6. The molecule has 0 aliphatic rings. The van der Waals surface area contributed by atoms with Gasteiger partial charge in [0, 0.05) is 23.9 Å². The van der Waals surface area contributed by atoms with Crippen molar-refractivity contribution in [2.75, 3.05) is 18.9 Å². The highest BCUT2D eigenvalue weighted by Crippen LogP contribution is 2.23. The molecule has 1 N–H and O–H groups in total. The van der Waals surface area contributed by atoms with E-state index in [1.54, 1.807) is 12.1 Å². The number of non-ortho nitro benzene ring substituents is 1. The average Bonchev–Trinajstić information content (AvgIpc) is 2.58. The minimum absolute atomic E-state index is 0.0533. The van der Waals surface area contributed by atoms with Crippen LogP contribution >= 0.6 is 0 Å². The molecule has 0 aromatic heterocycles. The number of hydrogen-bond donors (Lipinski definition) is 1. The van der Waals surface area contributed by atoms with Crippen LogP contribution < -0.4 is 5.32 Å². The fraction of sp³-hybridized carbons (Fsp3) is 0.316. The van der Waals surface area contributed by atoms with Crippen LogP contribution in [0.25, 0.3) is 0 Å². The van der Waals surface area contributed by atoms with Gasteiger partial charge in [-0.15, -0.1) is 0 Å². The summed E-state index contributed by atoms with van der Waals surface area (Å²) < 4.78 is 0. The first-order chi connectivity index (χ1) is 11.8. The van der Waals surface area contributed by atoms with Crippen LogP contribution in [0.3, 0.4) is 0 Å². The van der Waals surface area contributed by atoms with Crippen molar-refractivity contribution in [2.45, 2.75) is 26.8 Å². The van der Waals surface area contributed by atoms with E-state index in [1.165, 1.54) is 6.07 Å². The maximum Gasteiger partial charge on any atom is 0.269 e. The molecule has 0 fully saturated rings. The summed E-state index contributed by atoms with van der Waals surface area (Å²) in [6.07, 6.45) is 0. The van der Waals surface area contributed by atoms with Gasteiger partial charge in [0.25, 0.3) is 5.69 Å². The summed E-state index contributed by atoms with van der Waals surface area (Å²) in [7, 11) is 1.83. The lowest BCUT2D eigenvalue weighted by atomic mass is 10.1. The fourth-order valence-electron chi connectivity index (χ4n) is 2.59. The second kappa shape index (κ2) is 7.90. The highest BCUT2D eigenvalue weighted by molar-refractivity contribution is 5.93.